The monoisotopic (exact) mass is 876 g/mol. The molecule has 13 rings (SSSR count). The lowest BCUT2D eigenvalue weighted by Crippen LogP contribution is -2.34. The van der Waals surface area contributed by atoms with Gasteiger partial charge in [0, 0.05) is 32.7 Å². The highest BCUT2D eigenvalue weighted by atomic mass is 15.2. The van der Waals surface area contributed by atoms with Crippen molar-refractivity contribution in [2.24, 2.45) is 20.0 Å². The zero-order valence-corrected chi connectivity index (χ0v) is 36.5. The fraction of sp³-hybridized carbons (Fsp3) is 0.0345. The summed E-state index contributed by atoms with van der Waals surface area (Å²) in [6.07, 6.45) is -0.709. The molecule has 2 unspecified atom stereocenters. The van der Waals surface area contributed by atoms with Gasteiger partial charge in [-0.15, -0.1) is 0 Å². The predicted octanol–water partition coefficient (Wildman–Crippen LogP) is 11.7. The second kappa shape index (κ2) is 16.3. The zero-order valence-electron chi connectivity index (χ0n) is 36.5. The molecule has 0 amide bonds. The number of aromatic nitrogens is 4. The molecule has 2 aliphatic heterocycles. The summed E-state index contributed by atoms with van der Waals surface area (Å²) in [4.78, 5) is 31.3. The SMILES string of the molecule is c1ccc(C2=NC(c3ccccc3)NC(c3cccc(-n4c5ccccc5c5ccc6c7ccccc7n(-c7cccc(C8=NC(c9ccccc9)=NC(c9ccccc9)N8)n7)c6c54)n3)=N2)cc1. The Morgan fingerprint density at radius 3 is 1.15 bits per heavy atom. The van der Waals surface area contributed by atoms with Gasteiger partial charge in [0.1, 0.15) is 35.4 Å². The Balaban J connectivity index is 0.999. The normalized spacial score (nSPS) is 15.9. The van der Waals surface area contributed by atoms with Crippen LogP contribution in [-0.2, 0) is 0 Å². The zero-order chi connectivity index (χ0) is 45.0. The maximum absolute atomic E-state index is 5.45. The molecule has 10 heteroatoms. The third-order valence-corrected chi connectivity index (χ3v) is 12.7. The largest absolute Gasteiger partial charge is 0.343 e. The first-order chi connectivity index (χ1) is 33.7. The molecule has 10 nitrogen and oxygen atoms in total. The van der Waals surface area contributed by atoms with Crippen molar-refractivity contribution in [3.8, 4) is 11.6 Å². The lowest BCUT2D eigenvalue weighted by molar-refractivity contribution is 0.672. The molecule has 4 aromatic heterocycles. The highest BCUT2D eigenvalue weighted by Gasteiger charge is 2.26. The second-order valence-corrected chi connectivity index (χ2v) is 16.8. The first-order valence-corrected chi connectivity index (χ1v) is 22.7. The highest BCUT2D eigenvalue weighted by Crippen LogP contribution is 2.41. The molecule has 0 saturated heterocycles. The fourth-order valence-electron chi connectivity index (χ4n) is 9.54. The molecule has 0 aliphatic carbocycles. The Bertz CT molecular complexity index is 3600. The minimum absolute atomic E-state index is 0.354. The van der Waals surface area contributed by atoms with Crippen molar-refractivity contribution in [2.45, 2.75) is 12.3 Å². The summed E-state index contributed by atoms with van der Waals surface area (Å²) >= 11 is 0. The lowest BCUT2D eigenvalue weighted by atomic mass is 10.1. The van der Waals surface area contributed by atoms with Gasteiger partial charge in [0.15, 0.2) is 23.3 Å². The Kier molecular flexibility index (Phi) is 9.38. The standard InChI is InChI=1S/C58H40N10/c1-5-19-37(20-6-1)53-61-54(38-21-7-2-8-22-38)64-57(63-53)45-29-17-33-49(59-45)67-47-31-15-13-27-41(47)43-35-36-44-42-28-14-16-32-48(42)68(52(44)51(43)67)50-34-18-30-46(60-50)58-65-55(39-23-9-3-10-24-39)62-56(66-58)40-25-11-4-12-26-40/h1-36,53,55H,(H,61,63,64)(H,62,65,66). The average Bonchev–Trinajstić information content (AvgIpc) is 3.95. The van der Waals surface area contributed by atoms with Crippen LogP contribution in [0.25, 0.3) is 55.2 Å². The average molecular weight is 877 g/mol. The van der Waals surface area contributed by atoms with E-state index in [1.807, 2.05) is 109 Å². The number of amidine groups is 4. The van der Waals surface area contributed by atoms with Crippen molar-refractivity contribution in [3.63, 3.8) is 0 Å². The van der Waals surface area contributed by atoms with Crippen LogP contribution in [0.1, 0.15) is 46.0 Å². The number of benzene rings is 7. The number of fused-ring (bicyclic) bond motifs is 7. The van der Waals surface area contributed by atoms with E-state index in [2.05, 4.69) is 129 Å². The molecule has 0 fully saturated rings. The molecule has 2 atom stereocenters. The fourth-order valence-corrected chi connectivity index (χ4v) is 9.54. The molecular formula is C58H40N10. The van der Waals surface area contributed by atoms with E-state index in [0.29, 0.717) is 34.7 Å². The molecule has 6 heterocycles. The summed E-state index contributed by atoms with van der Waals surface area (Å²) in [6.45, 7) is 0. The summed E-state index contributed by atoms with van der Waals surface area (Å²) in [7, 11) is 0. The van der Waals surface area contributed by atoms with Crippen LogP contribution in [0, 0.1) is 0 Å². The molecule has 7 aromatic carbocycles. The minimum atomic E-state index is -0.354. The van der Waals surface area contributed by atoms with E-state index >= 15 is 0 Å². The van der Waals surface area contributed by atoms with Crippen LogP contribution in [0.4, 0.5) is 0 Å². The molecular weight excluding hydrogens is 837 g/mol. The van der Waals surface area contributed by atoms with Gasteiger partial charge in [0.25, 0.3) is 0 Å². The van der Waals surface area contributed by atoms with Crippen LogP contribution >= 0.6 is 0 Å². The Morgan fingerprint density at radius 1 is 0.338 bits per heavy atom. The Hall–Kier alpha value is -9.28. The molecule has 0 bridgehead atoms. The number of rotatable bonds is 8. The van der Waals surface area contributed by atoms with Gasteiger partial charge < -0.3 is 10.6 Å². The molecule has 322 valence electrons. The molecule has 2 aliphatic rings. The van der Waals surface area contributed by atoms with Gasteiger partial charge in [-0.2, -0.15) is 0 Å². The van der Waals surface area contributed by atoms with Crippen molar-refractivity contribution in [3.05, 3.63) is 252 Å². The molecule has 11 aromatic rings. The number of hydrogen-bond acceptors (Lipinski definition) is 8. The first kappa shape index (κ1) is 39.1. The van der Waals surface area contributed by atoms with Crippen LogP contribution in [0.3, 0.4) is 0 Å². The third-order valence-electron chi connectivity index (χ3n) is 12.7. The summed E-state index contributed by atoms with van der Waals surface area (Å²) in [5.41, 5.74) is 9.44. The third kappa shape index (κ3) is 6.73. The number of nitrogens with zero attached hydrogens (tertiary/aromatic N) is 8. The Labute approximate surface area is 391 Å². The maximum atomic E-state index is 5.45. The van der Waals surface area contributed by atoms with Crippen LogP contribution in [0.5, 0.6) is 0 Å². The van der Waals surface area contributed by atoms with E-state index < -0.39 is 0 Å². The summed E-state index contributed by atoms with van der Waals surface area (Å²) in [6, 6.07) is 74.6. The van der Waals surface area contributed by atoms with Crippen molar-refractivity contribution >= 4 is 67.0 Å². The molecule has 0 radical (unpaired) electrons. The smallest absolute Gasteiger partial charge is 0.159 e. The quantitative estimate of drug-likeness (QED) is 0.158. The van der Waals surface area contributed by atoms with E-state index in [0.717, 1.165) is 77.5 Å². The number of nitrogens with one attached hydrogen (secondary N) is 2. The van der Waals surface area contributed by atoms with Gasteiger partial charge in [-0.25, -0.2) is 29.9 Å². The first-order valence-electron chi connectivity index (χ1n) is 22.7. The van der Waals surface area contributed by atoms with E-state index in [1.54, 1.807) is 0 Å². The van der Waals surface area contributed by atoms with E-state index in [9.17, 15) is 0 Å². The summed E-state index contributed by atoms with van der Waals surface area (Å²) < 4.78 is 4.58. The van der Waals surface area contributed by atoms with Crippen molar-refractivity contribution in [1.82, 2.24) is 29.7 Å². The van der Waals surface area contributed by atoms with Crippen molar-refractivity contribution in [1.29, 1.82) is 0 Å². The summed E-state index contributed by atoms with van der Waals surface area (Å²) in [5.74, 6) is 4.09. The van der Waals surface area contributed by atoms with Gasteiger partial charge in [-0.05, 0) is 47.5 Å². The Morgan fingerprint density at radius 2 is 0.721 bits per heavy atom. The van der Waals surface area contributed by atoms with Gasteiger partial charge >= 0.3 is 0 Å². The molecule has 68 heavy (non-hydrogen) atoms. The van der Waals surface area contributed by atoms with E-state index in [4.69, 9.17) is 29.9 Å². The summed E-state index contributed by atoms with van der Waals surface area (Å²) in [5, 5.41) is 11.7. The topological polar surface area (TPSA) is 109 Å². The maximum Gasteiger partial charge on any atom is 0.159 e. The van der Waals surface area contributed by atoms with Gasteiger partial charge in [-0.1, -0.05) is 182 Å². The predicted molar refractivity (Wildman–Crippen MR) is 274 cm³/mol. The van der Waals surface area contributed by atoms with Crippen molar-refractivity contribution in [2.75, 3.05) is 0 Å². The number of pyridine rings is 2. The minimum Gasteiger partial charge on any atom is -0.343 e. The second-order valence-electron chi connectivity index (χ2n) is 16.8. The van der Waals surface area contributed by atoms with E-state index in [-0.39, 0.29) is 12.3 Å². The molecule has 0 spiro atoms. The molecule has 0 saturated carbocycles. The van der Waals surface area contributed by atoms with Gasteiger partial charge in [0.2, 0.25) is 0 Å². The van der Waals surface area contributed by atoms with Crippen molar-refractivity contribution < 1.29 is 0 Å². The lowest BCUT2D eigenvalue weighted by Gasteiger charge is -2.23. The van der Waals surface area contributed by atoms with Crippen LogP contribution in [0.2, 0.25) is 0 Å². The number of para-hydroxylation sites is 2. The van der Waals surface area contributed by atoms with Gasteiger partial charge in [-0.3, -0.25) is 9.13 Å². The van der Waals surface area contributed by atoms with Crippen LogP contribution < -0.4 is 10.6 Å². The van der Waals surface area contributed by atoms with Gasteiger partial charge in [0.05, 0.1) is 22.1 Å². The van der Waals surface area contributed by atoms with Crippen LogP contribution in [0.15, 0.2) is 238 Å². The van der Waals surface area contributed by atoms with E-state index in [1.165, 1.54) is 0 Å². The van der Waals surface area contributed by atoms with Crippen LogP contribution in [-0.4, -0.2) is 42.4 Å². The number of hydrogen-bond donors (Lipinski definition) is 2. The highest BCUT2D eigenvalue weighted by molar-refractivity contribution is 6.24. The molecule has 2 N–H and O–H groups in total. The number of aliphatic imine (C=N–C) groups is 4.